The Kier molecular flexibility index (Phi) is 4.93. The second-order valence-electron chi connectivity index (χ2n) is 5.32. The van der Waals surface area contributed by atoms with Gasteiger partial charge in [0, 0.05) is 7.05 Å². The molecule has 0 saturated carbocycles. The van der Waals surface area contributed by atoms with Gasteiger partial charge in [0.05, 0.1) is 16.2 Å². The highest BCUT2D eigenvalue weighted by atomic mass is 127. The van der Waals surface area contributed by atoms with Crippen LogP contribution in [0.25, 0.3) is 23.5 Å². The molecule has 2 N–H and O–H groups in total. The molecule has 0 atom stereocenters. The van der Waals surface area contributed by atoms with E-state index in [9.17, 15) is 10.2 Å². The van der Waals surface area contributed by atoms with Gasteiger partial charge in [-0.1, -0.05) is 18.2 Å². The highest BCUT2D eigenvalue weighted by molar-refractivity contribution is 14.1. The van der Waals surface area contributed by atoms with Crippen molar-refractivity contribution in [2.45, 2.75) is 0 Å². The fraction of sp³-hybridized carbons (Fsp3) is 0.111. The average molecular weight is 449 g/mol. The molecule has 7 heteroatoms. The zero-order chi connectivity index (χ0) is 18.0. The molecule has 0 bridgehead atoms. The lowest BCUT2D eigenvalue weighted by Crippen LogP contribution is -1.94. The number of para-hydroxylation sites is 1. The van der Waals surface area contributed by atoms with Crippen molar-refractivity contribution in [2.24, 2.45) is 7.05 Å². The number of aromatic nitrogens is 3. The van der Waals surface area contributed by atoms with Gasteiger partial charge in [0.15, 0.2) is 23.1 Å². The van der Waals surface area contributed by atoms with Gasteiger partial charge in [-0.3, -0.25) is 0 Å². The van der Waals surface area contributed by atoms with Crippen molar-refractivity contribution < 1.29 is 14.9 Å². The summed E-state index contributed by atoms with van der Waals surface area (Å²) in [5.74, 6) is 1.79. The number of benzene rings is 2. The summed E-state index contributed by atoms with van der Waals surface area (Å²) in [5.41, 5.74) is 1.48. The third-order valence-electron chi connectivity index (χ3n) is 3.62. The number of aromatic hydroxyl groups is 2. The summed E-state index contributed by atoms with van der Waals surface area (Å²) in [5, 5.41) is 24.2. The van der Waals surface area contributed by atoms with E-state index in [0.717, 1.165) is 5.56 Å². The number of phenolic OH excluding ortho intramolecular Hbond substituents is 2. The molecule has 2 aromatic carbocycles. The Labute approximate surface area is 158 Å². The van der Waals surface area contributed by atoms with Crippen LogP contribution in [0.1, 0.15) is 11.4 Å². The molecule has 0 spiro atoms. The standard InChI is InChI=1S/C18H16IN3O3/c1-22-18(12-5-3-4-6-14(12)23)20-16(21-22)8-7-11-9-13(19)17(24)15(10-11)25-2/h3-10,23-24H,1-2H3/b8-7+. The van der Waals surface area contributed by atoms with Crippen molar-refractivity contribution in [3.8, 4) is 28.6 Å². The van der Waals surface area contributed by atoms with Crippen LogP contribution < -0.4 is 4.74 Å². The van der Waals surface area contributed by atoms with Gasteiger partial charge in [-0.05, 0) is 58.5 Å². The van der Waals surface area contributed by atoms with Gasteiger partial charge in [-0.25, -0.2) is 9.67 Å². The summed E-state index contributed by atoms with van der Waals surface area (Å²) in [6.45, 7) is 0. The zero-order valence-electron chi connectivity index (χ0n) is 13.6. The largest absolute Gasteiger partial charge is 0.507 e. The number of aryl methyl sites for hydroxylation is 1. The summed E-state index contributed by atoms with van der Waals surface area (Å²) in [6, 6.07) is 10.6. The van der Waals surface area contributed by atoms with Gasteiger partial charge in [0.1, 0.15) is 5.75 Å². The molecule has 128 valence electrons. The van der Waals surface area contributed by atoms with Crippen LogP contribution in [0.15, 0.2) is 36.4 Å². The summed E-state index contributed by atoms with van der Waals surface area (Å²) in [7, 11) is 3.29. The smallest absolute Gasteiger partial charge is 0.174 e. The Morgan fingerprint density at radius 2 is 1.92 bits per heavy atom. The van der Waals surface area contributed by atoms with Crippen LogP contribution in [0.3, 0.4) is 0 Å². The number of hydrogen-bond acceptors (Lipinski definition) is 5. The van der Waals surface area contributed by atoms with Gasteiger partial charge in [-0.2, -0.15) is 5.10 Å². The predicted octanol–water partition coefficient (Wildman–Crippen LogP) is 3.68. The van der Waals surface area contributed by atoms with E-state index in [1.165, 1.54) is 7.11 Å². The molecule has 0 radical (unpaired) electrons. The summed E-state index contributed by atoms with van der Waals surface area (Å²) < 4.78 is 7.48. The number of ether oxygens (including phenoxy) is 1. The highest BCUT2D eigenvalue weighted by Gasteiger charge is 2.12. The Balaban J connectivity index is 1.92. The molecule has 1 heterocycles. The van der Waals surface area contributed by atoms with Crippen LogP contribution in [-0.4, -0.2) is 32.1 Å². The van der Waals surface area contributed by atoms with Gasteiger partial charge in [0.2, 0.25) is 0 Å². The maximum atomic E-state index is 9.98. The number of rotatable bonds is 4. The van der Waals surface area contributed by atoms with Crippen LogP contribution in [0.5, 0.6) is 17.2 Å². The summed E-state index contributed by atoms with van der Waals surface area (Å²) >= 11 is 2.05. The van der Waals surface area contributed by atoms with Crippen molar-refractivity contribution >= 4 is 34.7 Å². The monoisotopic (exact) mass is 449 g/mol. The topological polar surface area (TPSA) is 80.4 Å². The molecule has 3 aromatic rings. The Morgan fingerprint density at radius 1 is 1.16 bits per heavy atom. The average Bonchev–Trinajstić information content (AvgIpc) is 2.97. The SMILES string of the molecule is COc1cc(/C=C/c2nc(-c3ccccc3O)n(C)n2)cc(I)c1O. The van der Waals surface area contributed by atoms with Crippen LogP contribution in [-0.2, 0) is 7.05 Å². The first-order valence-corrected chi connectivity index (χ1v) is 8.51. The predicted molar refractivity (Wildman–Crippen MR) is 104 cm³/mol. The maximum Gasteiger partial charge on any atom is 0.174 e. The van der Waals surface area contributed by atoms with Crippen molar-refractivity contribution in [2.75, 3.05) is 7.11 Å². The molecular formula is C18H16IN3O3. The van der Waals surface area contributed by atoms with Crippen molar-refractivity contribution in [3.05, 3.63) is 51.4 Å². The van der Waals surface area contributed by atoms with E-state index in [2.05, 4.69) is 10.1 Å². The van der Waals surface area contributed by atoms with E-state index >= 15 is 0 Å². The first-order chi connectivity index (χ1) is 12.0. The fourth-order valence-electron chi connectivity index (χ4n) is 2.39. The molecule has 0 aliphatic heterocycles. The lowest BCUT2D eigenvalue weighted by molar-refractivity contribution is 0.371. The first-order valence-electron chi connectivity index (χ1n) is 7.43. The van der Waals surface area contributed by atoms with E-state index in [0.29, 0.717) is 26.5 Å². The highest BCUT2D eigenvalue weighted by Crippen LogP contribution is 2.33. The Morgan fingerprint density at radius 3 is 2.64 bits per heavy atom. The summed E-state index contributed by atoms with van der Waals surface area (Å²) in [6.07, 6.45) is 3.61. The number of phenols is 2. The molecule has 25 heavy (non-hydrogen) atoms. The Hall–Kier alpha value is -2.55. The number of nitrogens with zero attached hydrogens (tertiary/aromatic N) is 3. The van der Waals surface area contributed by atoms with E-state index in [1.807, 2.05) is 40.8 Å². The number of halogens is 1. The lowest BCUT2D eigenvalue weighted by atomic mass is 10.2. The first kappa shape index (κ1) is 17.3. The second kappa shape index (κ2) is 7.14. The molecule has 3 rings (SSSR count). The maximum absolute atomic E-state index is 9.98. The molecule has 6 nitrogen and oxygen atoms in total. The number of methoxy groups -OCH3 is 1. The number of hydrogen-bond donors (Lipinski definition) is 2. The third kappa shape index (κ3) is 3.60. The molecule has 0 fully saturated rings. The summed E-state index contributed by atoms with van der Waals surface area (Å²) in [4.78, 5) is 4.46. The van der Waals surface area contributed by atoms with Crippen molar-refractivity contribution in [1.29, 1.82) is 0 Å². The van der Waals surface area contributed by atoms with Crippen molar-refractivity contribution in [1.82, 2.24) is 14.8 Å². The fourth-order valence-corrected chi connectivity index (χ4v) is 3.01. The molecule has 0 unspecified atom stereocenters. The van der Waals surface area contributed by atoms with E-state index < -0.39 is 0 Å². The van der Waals surface area contributed by atoms with Gasteiger partial charge in [0.25, 0.3) is 0 Å². The zero-order valence-corrected chi connectivity index (χ0v) is 15.8. The molecule has 0 amide bonds. The quantitative estimate of drug-likeness (QED) is 0.595. The minimum absolute atomic E-state index is 0.123. The molecule has 1 aromatic heterocycles. The van der Waals surface area contributed by atoms with E-state index in [1.54, 1.807) is 42.1 Å². The van der Waals surface area contributed by atoms with Crippen LogP contribution in [0.4, 0.5) is 0 Å². The second-order valence-corrected chi connectivity index (χ2v) is 6.48. The molecule has 0 aliphatic carbocycles. The van der Waals surface area contributed by atoms with Gasteiger partial charge >= 0.3 is 0 Å². The van der Waals surface area contributed by atoms with Gasteiger partial charge in [-0.15, -0.1) is 0 Å². The minimum atomic E-state index is 0.123. The van der Waals surface area contributed by atoms with Crippen LogP contribution >= 0.6 is 22.6 Å². The third-order valence-corrected chi connectivity index (χ3v) is 4.44. The van der Waals surface area contributed by atoms with Crippen LogP contribution in [0.2, 0.25) is 0 Å². The molecular weight excluding hydrogens is 433 g/mol. The minimum Gasteiger partial charge on any atom is -0.507 e. The normalized spacial score (nSPS) is 11.2. The Bertz CT molecular complexity index is 951. The molecule has 0 aliphatic rings. The van der Waals surface area contributed by atoms with Crippen LogP contribution in [0, 0.1) is 3.57 Å². The lowest BCUT2D eigenvalue weighted by Gasteiger charge is -2.06. The van der Waals surface area contributed by atoms with E-state index in [4.69, 9.17) is 4.74 Å². The van der Waals surface area contributed by atoms with Crippen molar-refractivity contribution in [3.63, 3.8) is 0 Å². The van der Waals surface area contributed by atoms with E-state index in [-0.39, 0.29) is 11.5 Å². The van der Waals surface area contributed by atoms with Gasteiger partial charge < -0.3 is 14.9 Å². The molecule has 0 saturated heterocycles.